The van der Waals surface area contributed by atoms with Crippen molar-refractivity contribution in [2.24, 2.45) is 7.05 Å². The van der Waals surface area contributed by atoms with Gasteiger partial charge in [0.15, 0.2) is 0 Å². The van der Waals surface area contributed by atoms with E-state index in [4.69, 9.17) is 0 Å². The van der Waals surface area contributed by atoms with Crippen molar-refractivity contribution in [3.63, 3.8) is 0 Å². The highest BCUT2D eigenvalue weighted by molar-refractivity contribution is 4.51. The number of rotatable bonds is 0. The van der Waals surface area contributed by atoms with Gasteiger partial charge in [0.05, 0.1) is 0 Å². The lowest BCUT2D eigenvalue weighted by atomic mass is 10.4. The SMILES string of the molecule is C1CCCC1.Cn1cncn1. The number of hydrogen-bond donors (Lipinski definition) is 0. The molecule has 0 N–H and O–H groups in total. The Labute approximate surface area is 67.4 Å². The maximum atomic E-state index is 3.72. The van der Waals surface area contributed by atoms with Gasteiger partial charge in [0.25, 0.3) is 0 Å². The van der Waals surface area contributed by atoms with Gasteiger partial charge in [-0.25, -0.2) is 4.98 Å². The number of aryl methyl sites for hydroxylation is 1. The summed E-state index contributed by atoms with van der Waals surface area (Å²) in [7, 11) is 1.83. The van der Waals surface area contributed by atoms with Gasteiger partial charge < -0.3 is 0 Å². The number of aromatic nitrogens is 3. The van der Waals surface area contributed by atoms with Crippen molar-refractivity contribution >= 4 is 0 Å². The summed E-state index contributed by atoms with van der Waals surface area (Å²) in [4.78, 5) is 3.67. The zero-order valence-corrected chi connectivity index (χ0v) is 7.03. The quantitative estimate of drug-likeness (QED) is 0.568. The molecule has 0 bridgehead atoms. The van der Waals surface area contributed by atoms with E-state index >= 15 is 0 Å². The third-order valence-electron chi connectivity index (χ3n) is 1.78. The van der Waals surface area contributed by atoms with Crippen molar-refractivity contribution < 1.29 is 0 Å². The monoisotopic (exact) mass is 153 g/mol. The second kappa shape index (κ2) is 4.88. The lowest BCUT2D eigenvalue weighted by molar-refractivity contribution is 0.765. The van der Waals surface area contributed by atoms with Gasteiger partial charge in [-0.05, 0) is 0 Å². The van der Waals surface area contributed by atoms with Gasteiger partial charge in [-0.3, -0.25) is 4.68 Å². The average molecular weight is 153 g/mol. The fourth-order valence-electron chi connectivity index (χ4n) is 1.15. The van der Waals surface area contributed by atoms with Crippen LogP contribution in [0.25, 0.3) is 0 Å². The minimum Gasteiger partial charge on any atom is -0.256 e. The summed E-state index contributed by atoms with van der Waals surface area (Å²) < 4.78 is 1.64. The molecule has 0 aromatic carbocycles. The highest BCUT2D eigenvalue weighted by atomic mass is 15.3. The minimum atomic E-state index is 1.50. The van der Waals surface area contributed by atoms with Gasteiger partial charge in [-0.2, -0.15) is 5.10 Å². The molecule has 0 radical (unpaired) electrons. The van der Waals surface area contributed by atoms with Crippen molar-refractivity contribution in [2.75, 3.05) is 0 Å². The molecule has 0 unspecified atom stereocenters. The molecule has 0 atom stereocenters. The normalized spacial score (nSPS) is 15.7. The predicted molar refractivity (Wildman–Crippen MR) is 44.1 cm³/mol. The van der Waals surface area contributed by atoms with Gasteiger partial charge in [0, 0.05) is 7.05 Å². The first-order valence-corrected chi connectivity index (χ1v) is 4.18. The van der Waals surface area contributed by atoms with Crippen LogP contribution in [0.5, 0.6) is 0 Å². The number of nitrogens with zero attached hydrogens (tertiary/aromatic N) is 3. The van der Waals surface area contributed by atoms with Crippen molar-refractivity contribution in [3.05, 3.63) is 12.7 Å². The van der Waals surface area contributed by atoms with Gasteiger partial charge >= 0.3 is 0 Å². The lowest BCUT2D eigenvalue weighted by Gasteiger charge is -1.74. The van der Waals surface area contributed by atoms with E-state index in [1.54, 1.807) is 11.0 Å². The Balaban J connectivity index is 0.000000112. The smallest absolute Gasteiger partial charge is 0.137 e. The molecule has 1 saturated carbocycles. The summed E-state index contributed by atoms with van der Waals surface area (Å²) in [6.07, 6.45) is 10.6. The van der Waals surface area contributed by atoms with Crippen LogP contribution >= 0.6 is 0 Å². The molecular formula is C8H15N3. The van der Waals surface area contributed by atoms with Crippen LogP contribution in [0.4, 0.5) is 0 Å². The molecule has 62 valence electrons. The second-order valence-electron chi connectivity index (χ2n) is 2.84. The average Bonchev–Trinajstić information content (AvgIpc) is 2.57. The van der Waals surface area contributed by atoms with Crippen LogP contribution < -0.4 is 0 Å². The van der Waals surface area contributed by atoms with E-state index < -0.39 is 0 Å². The summed E-state index contributed by atoms with van der Waals surface area (Å²) >= 11 is 0. The third-order valence-corrected chi connectivity index (χ3v) is 1.78. The lowest BCUT2D eigenvalue weighted by Crippen LogP contribution is -1.83. The molecule has 3 nitrogen and oxygen atoms in total. The maximum absolute atomic E-state index is 3.72. The van der Waals surface area contributed by atoms with Gasteiger partial charge in [-0.1, -0.05) is 32.1 Å². The zero-order chi connectivity index (χ0) is 7.94. The minimum absolute atomic E-state index is 1.50. The Morgan fingerprint density at radius 1 is 1.09 bits per heavy atom. The van der Waals surface area contributed by atoms with Gasteiger partial charge in [0.1, 0.15) is 12.7 Å². The van der Waals surface area contributed by atoms with Crippen LogP contribution in [-0.4, -0.2) is 14.8 Å². The third kappa shape index (κ3) is 3.75. The molecule has 1 fully saturated rings. The van der Waals surface area contributed by atoms with Crippen molar-refractivity contribution in [1.29, 1.82) is 0 Å². The van der Waals surface area contributed by atoms with E-state index in [0.717, 1.165) is 0 Å². The Morgan fingerprint density at radius 2 is 1.64 bits per heavy atom. The number of hydrogen-bond acceptors (Lipinski definition) is 2. The second-order valence-corrected chi connectivity index (χ2v) is 2.84. The highest BCUT2D eigenvalue weighted by Crippen LogP contribution is 2.15. The standard InChI is InChI=1S/C5H10.C3H5N3/c1-2-4-5-3-1;1-6-3-4-2-5-6/h1-5H2;2-3H,1H3. The van der Waals surface area contributed by atoms with E-state index in [-0.39, 0.29) is 0 Å². The van der Waals surface area contributed by atoms with Crippen LogP contribution in [0.15, 0.2) is 12.7 Å². The molecular weight excluding hydrogens is 138 g/mol. The first kappa shape index (κ1) is 8.24. The first-order valence-electron chi connectivity index (χ1n) is 4.18. The molecule has 11 heavy (non-hydrogen) atoms. The molecule has 1 aromatic rings. The fraction of sp³-hybridized carbons (Fsp3) is 0.750. The van der Waals surface area contributed by atoms with Crippen LogP contribution in [0.1, 0.15) is 32.1 Å². The van der Waals surface area contributed by atoms with E-state index in [1.165, 1.54) is 38.4 Å². The molecule has 3 heteroatoms. The topological polar surface area (TPSA) is 30.7 Å². The molecule has 1 heterocycles. The summed E-state index contributed by atoms with van der Waals surface area (Å²) in [5.74, 6) is 0. The molecule has 2 rings (SSSR count). The zero-order valence-electron chi connectivity index (χ0n) is 7.03. The predicted octanol–water partition coefficient (Wildman–Crippen LogP) is 1.77. The van der Waals surface area contributed by atoms with Crippen LogP contribution in [0, 0.1) is 0 Å². The van der Waals surface area contributed by atoms with Gasteiger partial charge in [-0.15, -0.1) is 0 Å². The molecule has 1 aliphatic carbocycles. The van der Waals surface area contributed by atoms with Crippen molar-refractivity contribution in [1.82, 2.24) is 14.8 Å². The molecule has 0 saturated heterocycles. The van der Waals surface area contributed by atoms with Crippen molar-refractivity contribution in [2.45, 2.75) is 32.1 Å². The Bertz CT molecular complexity index is 158. The maximum Gasteiger partial charge on any atom is 0.137 e. The molecule has 0 spiro atoms. The Morgan fingerprint density at radius 3 is 1.82 bits per heavy atom. The van der Waals surface area contributed by atoms with Crippen LogP contribution in [0.2, 0.25) is 0 Å². The fourth-order valence-corrected chi connectivity index (χ4v) is 1.15. The molecule has 1 aliphatic rings. The highest BCUT2D eigenvalue weighted by Gasteiger charge is 1.95. The first-order chi connectivity index (χ1) is 5.39. The summed E-state index contributed by atoms with van der Waals surface area (Å²) in [5, 5.41) is 3.72. The molecule has 0 amide bonds. The Hall–Kier alpha value is -0.860. The summed E-state index contributed by atoms with van der Waals surface area (Å²) in [6, 6.07) is 0. The van der Waals surface area contributed by atoms with Crippen LogP contribution in [-0.2, 0) is 7.05 Å². The van der Waals surface area contributed by atoms with E-state index in [1.807, 2.05) is 7.05 Å². The molecule has 0 aliphatic heterocycles. The van der Waals surface area contributed by atoms with Gasteiger partial charge in [0.2, 0.25) is 0 Å². The molecule has 1 aromatic heterocycles. The van der Waals surface area contributed by atoms with E-state index in [2.05, 4.69) is 10.1 Å². The Kier molecular flexibility index (Phi) is 3.65. The largest absolute Gasteiger partial charge is 0.256 e. The van der Waals surface area contributed by atoms with E-state index in [9.17, 15) is 0 Å². The summed E-state index contributed by atoms with van der Waals surface area (Å²) in [6.45, 7) is 0. The van der Waals surface area contributed by atoms with Crippen LogP contribution in [0.3, 0.4) is 0 Å². The summed E-state index contributed by atoms with van der Waals surface area (Å²) in [5.41, 5.74) is 0. The van der Waals surface area contributed by atoms with E-state index in [0.29, 0.717) is 0 Å². The van der Waals surface area contributed by atoms with Crippen molar-refractivity contribution in [3.8, 4) is 0 Å².